The van der Waals surface area contributed by atoms with Crippen molar-refractivity contribution in [1.29, 1.82) is 0 Å². The fraction of sp³-hybridized carbons (Fsp3) is 0.500. The molecule has 0 radical (unpaired) electrons. The Morgan fingerprint density at radius 2 is 2.00 bits per heavy atom. The number of aliphatic hydroxyl groups is 1. The van der Waals surface area contributed by atoms with Crippen LogP contribution in [0.3, 0.4) is 0 Å². The van der Waals surface area contributed by atoms with E-state index in [4.69, 9.17) is 14.0 Å². The molecule has 0 aliphatic carbocycles. The van der Waals surface area contributed by atoms with Crippen molar-refractivity contribution in [2.75, 3.05) is 27.3 Å². The number of hydrogen-bond donors (Lipinski definition) is 2. The number of carbonyl (C=O) groups is 1. The molecular formula is C18H24N4O5. The molecule has 146 valence electrons. The maximum atomic E-state index is 12.3. The average molecular weight is 376 g/mol. The molecule has 0 bridgehead atoms. The number of rotatable bonds is 5. The van der Waals surface area contributed by atoms with E-state index in [1.807, 2.05) is 0 Å². The van der Waals surface area contributed by atoms with E-state index in [1.54, 1.807) is 44.2 Å². The quantitative estimate of drug-likeness (QED) is 0.821. The molecule has 9 nitrogen and oxygen atoms in total. The van der Waals surface area contributed by atoms with E-state index in [0.717, 1.165) is 0 Å². The highest BCUT2D eigenvalue weighted by molar-refractivity contribution is 5.74. The van der Waals surface area contributed by atoms with Crippen LogP contribution in [0.4, 0.5) is 4.79 Å². The monoisotopic (exact) mass is 376 g/mol. The fourth-order valence-corrected chi connectivity index (χ4v) is 2.91. The molecule has 9 heteroatoms. The van der Waals surface area contributed by atoms with Gasteiger partial charge in [0.25, 0.3) is 0 Å². The van der Waals surface area contributed by atoms with Crippen molar-refractivity contribution >= 4 is 6.03 Å². The predicted molar refractivity (Wildman–Crippen MR) is 96.6 cm³/mol. The van der Waals surface area contributed by atoms with E-state index in [2.05, 4.69) is 15.5 Å². The van der Waals surface area contributed by atoms with Gasteiger partial charge in [0.15, 0.2) is 11.5 Å². The van der Waals surface area contributed by atoms with E-state index < -0.39 is 6.04 Å². The lowest BCUT2D eigenvalue weighted by molar-refractivity contribution is 0.0926. The Morgan fingerprint density at radius 1 is 1.30 bits per heavy atom. The van der Waals surface area contributed by atoms with Gasteiger partial charge in [-0.2, -0.15) is 4.98 Å². The summed E-state index contributed by atoms with van der Waals surface area (Å²) < 4.78 is 15.8. The Kier molecular flexibility index (Phi) is 5.80. The number of methoxy groups -OCH3 is 2. The summed E-state index contributed by atoms with van der Waals surface area (Å²) in [5, 5.41) is 16.4. The summed E-state index contributed by atoms with van der Waals surface area (Å²) in [6, 6.07) is 4.68. The molecule has 1 fully saturated rings. The first-order chi connectivity index (χ1) is 13.0. The van der Waals surface area contributed by atoms with Gasteiger partial charge < -0.3 is 29.3 Å². The first-order valence-electron chi connectivity index (χ1n) is 8.81. The molecule has 2 amide bonds. The number of hydrogen-bond acceptors (Lipinski definition) is 7. The average Bonchev–Trinajstić information content (AvgIpc) is 3.18. The molecule has 0 saturated carbocycles. The summed E-state index contributed by atoms with van der Waals surface area (Å²) in [6.45, 7) is 2.84. The van der Waals surface area contributed by atoms with E-state index in [0.29, 0.717) is 54.7 Å². The zero-order chi connectivity index (χ0) is 19.4. The van der Waals surface area contributed by atoms with E-state index in [9.17, 15) is 9.90 Å². The second-order valence-corrected chi connectivity index (χ2v) is 6.42. The van der Waals surface area contributed by atoms with Crippen LogP contribution in [0.2, 0.25) is 0 Å². The van der Waals surface area contributed by atoms with Crippen molar-refractivity contribution in [3.05, 3.63) is 24.1 Å². The molecule has 3 rings (SSSR count). The van der Waals surface area contributed by atoms with Crippen LogP contribution >= 0.6 is 0 Å². The summed E-state index contributed by atoms with van der Waals surface area (Å²) in [5.41, 5.74) is 0.714. The van der Waals surface area contributed by atoms with Crippen LogP contribution in [0.1, 0.15) is 31.7 Å². The lowest BCUT2D eigenvalue weighted by atomic mass is 10.1. The molecule has 1 aromatic carbocycles. The number of piperidine rings is 1. The van der Waals surface area contributed by atoms with Crippen LogP contribution in [0.15, 0.2) is 22.7 Å². The third-order valence-corrected chi connectivity index (χ3v) is 4.55. The van der Waals surface area contributed by atoms with Crippen LogP contribution < -0.4 is 14.8 Å². The second kappa shape index (κ2) is 8.26. The van der Waals surface area contributed by atoms with Gasteiger partial charge in [0.05, 0.1) is 20.3 Å². The Labute approximate surface area is 157 Å². The third kappa shape index (κ3) is 4.30. The third-order valence-electron chi connectivity index (χ3n) is 4.55. The van der Waals surface area contributed by atoms with Gasteiger partial charge in [-0.3, -0.25) is 0 Å². The zero-order valence-corrected chi connectivity index (χ0v) is 15.6. The first-order valence-corrected chi connectivity index (χ1v) is 8.81. The Bertz CT molecular complexity index is 786. The van der Waals surface area contributed by atoms with Gasteiger partial charge in [0.1, 0.15) is 6.04 Å². The highest BCUT2D eigenvalue weighted by Gasteiger charge is 2.24. The Balaban J connectivity index is 1.67. The highest BCUT2D eigenvalue weighted by Crippen LogP contribution is 2.31. The lowest BCUT2D eigenvalue weighted by Crippen LogP contribution is -2.46. The smallest absolute Gasteiger partial charge is 0.318 e. The van der Waals surface area contributed by atoms with E-state index in [1.165, 1.54) is 0 Å². The molecule has 1 aromatic heterocycles. The first kappa shape index (κ1) is 19.0. The number of likely N-dealkylation sites (tertiary alicyclic amines) is 1. The number of nitrogens with one attached hydrogen (secondary N) is 1. The van der Waals surface area contributed by atoms with Crippen molar-refractivity contribution in [3.63, 3.8) is 0 Å². The molecule has 2 aromatic rings. The van der Waals surface area contributed by atoms with Gasteiger partial charge in [-0.25, -0.2) is 4.79 Å². The molecule has 0 spiro atoms. The Morgan fingerprint density at radius 3 is 2.67 bits per heavy atom. The summed E-state index contributed by atoms with van der Waals surface area (Å²) in [6.07, 6.45) is 0.851. The van der Waals surface area contributed by atoms with Gasteiger partial charge >= 0.3 is 6.03 Å². The molecule has 1 saturated heterocycles. The maximum absolute atomic E-state index is 12.3. The lowest BCUT2D eigenvalue weighted by Gasteiger charge is -2.30. The van der Waals surface area contributed by atoms with Crippen LogP contribution in [-0.2, 0) is 0 Å². The zero-order valence-electron chi connectivity index (χ0n) is 15.6. The molecule has 1 aliphatic rings. The standard InChI is InChI=1S/C18H24N4O5/c1-11(19-18(24)22-8-6-13(23)7-9-22)17-20-16(21-27-17)12-4-5-14(25-2)15(10-12)26-3/h4-5,10-11,13,23H,6-9H2,1-3H3,(H,19,24)/t11-/m1/s1. The largest absolute Gasteiger partial charge is 0.493 e. The maximum Gasteiger partial charge on any atom is 0.318 e. The number of aliphatic hydroxyl groups excluding tert-OH is 1. The number of nitrogens with zero attached hydrogens (tertiary/aromatic N) is 3. The Hall–Kier alpha value is -2.81. The molecule has 2 heterocycles. The summed E-state index contributed by atoms with van der Waals surface area (Å²) in [7, 11) is 3.12. The van der Waals surface area contributed by atoms with Gasteiger partial charge in [0.2, 0.25) is 11.7 Å². The normalized spacial score (nSPS) is 16.1. The van der Waals surface area contributed by atoms with E-state index in [-0.39, 0.29) is 12.1 Å². The number of benzene rings is 1. The van der Waals surface area contributed by atoms with Gasteiger partial charge in [-0.05, 0) is 38.0 Å². The minimum absolute atomic E-state index is 0.208. The molecule has 1 atom stereocenters. The SMILES string of the molecule is COc1ccc(-c2noc([C@@H](C)NC(=O)N3CCC(O)CC3)n2)cc1OC. The van der Waals surface area contributed by atoms with Gasteiger partial charge in [-0.15, -0.1) is 0 Å². The molecule has 1 aliphatic heterocycles. The van der Waals surface area contributed by atoms with Crippen molar-refractivity contribution in [3.8, 4) is 22.9 Å². The van der Waals surface area contributed by atoms with Gasteiger partial charge in [0, 0.05) is 18.7 Å². The van der Waals surface area contributed by atoms with Crippen molar-refractivity contribution in [2.45, 2.75) is 31.9 Å². The number of amides is 2. The van der Waals surface area contributed by atoms with Crippen molar-refractivity contribution in [1.82, 2.24) is 20.4 Å². The fourth-order valence-electron chi connectivity index (χ4n) is 2.91. The molecule has 27 heavy (non-hydrogen) atoms. The summed E-state index contributed by atoms with van der Waals surface area (Å²) in [4.78, 5) is 18.4. The van der Waals surface area contributed by atoms with Crippen LogP contribution in [0.25, 0.3) is 11.4 Å². The minimum atomic E-state index is -0.439. The number of urea groups is 1. The number of carbonyl (C=O) groups excluding carboxylic acids is 1. The molecule has 2 N–H and O–H groups in total. The topological polar surface area (TPSA) is 110 Å². The van der Waals surface area contributed by atoms with Crippen LogP contribution in [0, 0.1) is 0 Å². The van der Waals surface area contributed by atoms with Crippen LogP contribution in [0.5, 0.6) is 11.5 Å². The molecular weight excluding hydrogens is 352 g/mol. The summed E-state index contributed by atoms with van der Waals surface area (Å²) >= 11 is 0. The van der Waals surface area contributed by atoms with Crippen molar-refractivity contribution in [2.24, 2.45) is 0 Å². The van der Waals surface area contributed by atoms with Crippen LogP contribution in [-0.4, -0.2) is 59.6 Å². The predicted octanol–water partition coefficient (Wildman–Crippen LogP) is 1.98. The number of ether oxygens (including phenoxy) is 2. The second-order valence-electron chi connectivity index (χ2n) is 6.42. The number of aromatic nitrogens is 2. The van der Waals surface area contributed by atoms with Gasteiger partial charge in [-0.1, -0.05) is 5.16 Å². The highest BCUT2D eigenvalue weighted by atomic mass is 16.5. The molecule has 0 unspecified atom stereocenters. The minimum Gasteiger partial charge on any atom is -0.493 e. The summed E-state index contributed by atoms with van der Waals surface area (Å²) in [5.74, 6) is 1.88. The van der Waals surface area contributed by atoms with Crippen molar-refractivity contribution < 1.29 is 23.9 Å². The van der Waals surface area contributed by atoms with E-state index >= 15 is 0 Å².